The second-order valence-corrected chi connectivity index (χ2v) is 7.20. The van der Waals surface area contributed by atoms with Gasteiger partial charge >= 0.3 is 5.63 Å². The molecule has 0 saturated carbocycles. The van der Waals surface area contributed by atoms with Gasteiger partial charge in [0.05, 0.1) is 11.8 Å². The molecule has 0 bridgehead atoms. The molecule has 6 heteroatoms. The van der Waals surface area contributed by atoms with E-state index in [1.54, 1.807) is 24.7 Å². The highest BCUT2D eigenvalue weighted by Gasteiger charge is 2.32. The fourth-order valence-corrected chi connectivity index (χ4v) is 3.84. The lowest BCUT2D eigenvalue weighted by Gasteiger charge is -2.17. The number of aryl methyl sites for hydroxylation is 1. The Morgan fingerprint density at radius 2 is 2.15 bits per heavy atom. The van der Waals surface area contributed by atoms with Gasteiger partial charge < -0.3 is 9.52 Å². The predicted molar refractivity (Wildman–Crippen MR) is 102 cm³/mol. The van der Waals surface area contributed by atoms with Crippen LogP contribution in [0.2, 0.25) is 0 Å². The molecule has 0 radical (unpaired) electrons. The first-order valence-corrected chi connectivity index (χ1v) is 9.33. The van der Waals surface area contributed by atoms with Crippen molar-refractivity contribution in [2.45, 2.75) is 32.4 Å². The number of nitrogens with zero attached hydrogens (tertiary/aromatic N) is 3. The molecule has 6 nitrogen and oxygen atoms in total. The fraction of sp³-hybridized carbons (Fsp3) is 0.381. The monoisotopic (exact) mass is 365 g/mol. The van der Waals surface area contributed by atoms with Crippen LogP contribution >= 0.6 is 0 Å². The molecule has 0 aliphatic carbocycles. The van der Waals surface area contributed by atoms with Crippen LogP contribution < -0.4 is 5.63 Å². The van der Waals surface area contributed by atoms with Crippen LogP contribution in [0.3, 0.4) is 0 Å². The fourth-order valence-electron chi connectivity index (χ4n) is 3.84. The molecule has 2 aromatic heterocycles. The van der Waals surface area contributed by atoms with Crippen LogP contribution in [0.15, 0.2) is 52.1 Å². The van der Waals surface area contributed by atoms with Gasteiger partial charge in [0.1, 0.15) is 5.58 Å². The van der Waals surface area contributed by atoms with E-state index in [-0.39, 0.29) is 11.5 Å². The maximum Gasteiger partial charge on any atom is 0.336 e. The number of β-amino-alcohol motifs (C(OH)–C–C–N with tert-alkyl or cyclic N) is 1. The van der Waals surface area contributed by atoms with E-state index >= 15 is 0 Å². The zero-order chi connectivity index (χ0) is 18.8. The molecule has 0 unspecified atom stereocenters. The molecule has 0 amide bonds. The van der Waals surface area contributed by atoms with Gasteiger partial charge in [-0.15, -0.1) is 0 Å². The van der Waals surface area contributed by atoms with E-state index in [4.69, 9.17) is 4.42 Å². The van der Waals surface area contributed by atoms with Crippen LogP contribution in [0.25, 0.3) is 11.0 Å². The van der Waals surface area contributed by atoms with E-state index in [1.807, 2.05) is 12.1 Å². The lowest BCUT2D eigenvalue weighted by Crippen LogP contribution is -2.22. The molecule has 1 aliphatic rings. The van der Waals surface area contributed by atoms with Crippen LogP contribution in [0, 0.1) is 5.92 Å². The first-order valence-electron chi connectivity index (χ1n) is 9.33. The molecule has 1 aliphatic heterocycles. The van der Waals surface area contributed by atoms with Crippen molar-refractivity contribution in [2.24, 2.45) is 5.92 Å². The maximum atomic E-state index is 12.0. The van der Waals surface area contributed by atoms with Crippen molar-refractivity contribution in [1.29, 1.82) is 0 Å². The maximum absolute atomic E-state index is 12.0. The van der Waals surface area contributed by atoms with Crippen LogP contribution in [-0.4, -0.2) is 39.2 Å². The van der Waals surface area contributed by atoms with Gasteiger partial charge in [0.25, 0.3) is 0 Å². The van der Waals surface area contributed by atoms with Crippen molar-refractivity contribution in [3.05, 3.63) is 70.1 Å². The highest BCUT2D eigenvalue weighted by Crippen LogP contribution is 2.25. The molecule has 1 N–H and O–H groups in total. The Balaban J connectivity index is 1.55. The van der Waals surface area contributed by atoms with Gasteiger partial charge in [0.15, 0.2) is 0 Å². The van der Waals surface area contributed by atoms with E-state index in [1.165, 1.54) is 5.56 Å². The number of aliphatic hydroxyl groups excluding tert-OH is 1. The summed E-state index contributed by atoms with van der Waals surface area (Å²) in [5.41, 5.74) is 3.33. The molecule has 4 rings (SSSR count). The molecule has 1 fully saturated rings. The Hall–Kier alpha value is -2.57. The summed E-state index contributed by atoms with van der Waals surface area (Å²) in [6, 6.07) is 7.53. The Morgan fingerprint density at radius 1 is 1.26 bits per heavy atom. The summed E-state index contributed by atoms with van der Waals surface area (Å²) >= 11 is 0. The summed E-state index contributed by atoms with van der Waals surface area (Å²) in [5, 5.41) is 11.5. The van der Waals surface area contributed by atoms with Crippen molar-refractivity contribution >= 4 is 11.0 Å². The van der Waals surface area contributed by atoms with Crippen LogP contribution in [0.5, 0.6) is 0 Å². The summed E-state index contributed by atoms with van der Waals surface area (Å²) in [7, 11) is 0. The van der Waals surface area contributed by atoms with Gasteiger partial charge in [-0.25, -0.2) is 4.79 Å². The average molecular weight is 365 g/mol. The van der Waals surface area contributed by atoms with Gasteiger partial charge in [0, 0.05) is 55.6 Å². The second-order valence-electron chi connectivity index (χ2n) is 7.20. The van der Waals surface area contributed by atoms with Gasteiger partial charge in [-0.1, -0.05) is 13.0 Å². The summed E-state index contributed by atoms with van der Waals surface area (Å²) in [6.07, 6.45) is 6.29. The van der Waals surface area contributed by atoms with Crippen LogP contribution in [0.1, 0.15) is 23.7 Å². The normalized spacial score (nSPS) is 20.4. The first-order chi connectivity index (χ1) is 13.1. The SMILES string of the molecule is CCc1ccc2oc(=O)cc(CN3C[C@@H](Cc4cnccn4)[C@H](O)C3)c2c1. The number of rotatable bonds is 5. The van der Waals surface area contributed by atoms with Crippen molar-refractivity contribution in [1.82, 2.24) is 14.9 Å². The molecule has 1 saturated heterocycles. The molecule has 3 aromatic rings. The summed E-state index contributed by atoms with van der Waals surface area (Å²) in [4.78, 5) is 22.6. The Kier molecular flexibility index (Phi) is 5.01. The number of likely N-dealkylation sites (tertiary alicyclic amines) is 1. The van der Waals surface area contributed by atoms with E-state index in [0.717, 1.165) is 29.6 Å². The number of aromatic nitrogens is 2. The highest BCUT2D eigenvalue weighted by molar-refractivity contribution is 5.80. The molecule has 27 heavy (non-hydrogen) atoms. The number of aliphatic hydroxyl groups is 1. The summed E-state index contributed by atoms with van der Waals surface area (Å²) in [6.45, 7) is 4.06. The van der Waals surface area contributed by atoms with Crippen molar-refractivity contribution in [3.8, 4) is 0 Å². The third-order valence-electron chi connectivity index (χ3n) is 5.26. The molecular weight excluding hydrogens is 342 g/mol. The topological polar surface area (TPSA) is 79.5 Å². The average Bonchev–Trinajstić information content (AvgIpc) is 3.01. The third-order valence-corrected chi connectivity index (χ3v) is 5.26. The van der Waals surface area contributed by atoms with E-state index < -0.39 is 6.10 Å². The minimum absolute atomic E-state index is 0.110. The van der Waals surface area contributed by atoms with E-state index in [9.17, 15) is 9.90 Å². The third kappa shape index (κ3) is 3.91. The Bertz CT molecular complexity index is 987. The molecule has 2 atom stereocenters. The molecular formula is C21H23N3O3. The van der Waals surface area contributed by atoms with E-state index in [2.05, 4.69) is 27.9 Å². The predicted octanol–water partition coefficient (Wildman–Crippen LogP) is 2.18. The zero-order valence-electron chi connectivity index (χ0n) is 15.3. The Morgan fingerprint density at radius 3 is 2.93 bits per heavy atom. The van der Waals surface area contributed by atoms with Crippen molar-refractivity contribution in [2.75, 3.05) is 13.1 Å². The molecule has 0 spiro atoms. The molecule has 3 heterocycles. The number of hydrogen-bond acceptors (Lipinski definition) is 6. The minimum atomic E-state index is -0.412. The number of hydrogen-bond donors (Lipinski definition) is 1. The summed E-state index contributed by atoms with van der Waals surface area (Å²) in [5.74, 6) is 0.110. The molecule has 1 aromatic carbocycles. The number of benzene rings is 1. The minimum Gasteiger partial charge on any atom is -0.423 e. The quantitative estimate of drug-likeness (QED) is 0.698. The van der Waals surface area contributed by atoms with Gasteiger partial charge in [-0.3, -0.25) is 14.9 Å². The van der Waals surface area contributed by atoms with Gasteiger partial charge in [0.2, 0.25) is 0 Å². The van der Waals surface area contributed by atoms with Crippen molar-refractivity contribution in [3.63, 3.8) is 0 Å². The standard InChI is InChI=1S/C21H23N3O3/c1-2-14-3-4-20-18(7-14)15(9-21(26)27-20)11-24-12-16(19(25)13-24)8-17-10-22-5-6-23-17/h3-7,9-10,16,19,25H,2,8,11-13H2,1H3/t16-,19-/m1/s1. The highest BCUT2D eigenvalue weighted by atomic mass is 16.4. The molecule has 140 valence electrons. The van der Waals surface area contributed by atoms with Crippen molar-refractivity contribution < 1.29 is 9.52 Å². The van der Waals surface area contributed by atoms with Crippen LogP contribution in [0.4, 0.5) is 0 Å². The largest absolute Gasteiger partial charge is 0.423 e. The summed E-state index contributed by atoms with van der Waals surface area (Å²) < 4.78 is 5.35. The lowest BCUT2D eigenvalue weighted by atomic mass is 10.0. The Labute approximate surface area is 157 Å². The zero-order valence-corrected chi connectivity index (χ0v) is 15.3. The van der Waals surface area contributed by atoms with Gasteiger partial charge in [-0.05, 0) is 36.1 Å². The van der Waals surface area contributed by atoms with Crippen LogP contribution in [-0.2, 0) is 19.4 Å². The van der Waals surface area contributed by atoms with Gasteiger partial charge in [-0.2, -0.15) is 0 Å². The lowest BCUT2D eigenvalue weighted by molar-refractivity contribution is 0.140. The smallest absolute Gasteiger partial charge is 0.336 e. The first kappa shape index (κ1) is 17.8. The van der Waals surface area contributed by atoms with E-state index in [0.29, 0.717) is 25.1 Å². The number of fused-ring (bicyclic) bond motifs is 1. The second kappa shape index (κ2) is 7.58.